The first-order valence-electron chi connectivity index (χ1n) is 7.53. The van der Waals surface area contributed by atoms with E-state index in [4.69, 9.17) is 4.74 Å². The Morgan fingerprint density at radius 2 is 2.06 bits per heavy atom. The van der Waals surface area contributed by atoms with Crippen LogP contribution in [0.5, 0.6) is 0 Å². The third-order valence-corrected chi connectivity index (χ3v) is 4.97. The van der Waals surface area contributed by atoms with Crippen molar-refractivity contribution in [2.75, 3.05) is 13.2 Å². The lowest BCUT2D eigenvalue weighted by atomic mass is 9.72. The van der Waals surface area contributed by atoms with Gasteiger partial charge < -0.3 is 10.1 Å². The van der Waals surface area contributed by atoms with E-state index in [0.29, 0.717) is 6.04 Å². The van der Waals surface area contributed by atoms with Crippen molar-refractivity contribution in [3.63, 3.8) is 0 Å². The topological polar surface area (TPSA) is 21.3 Å². The summed E-state index contributed by atoms with van der Waals surface area (Å²) in [6.07, 6.45) is 7.79. The minimum atomic E-state index is 0.175. The largest absolute Gasteiger partial charge is 0.372 e. The van der Waals surface area contributed by atoms with E-state index in [2.05, 4.69) is 26.1 Å². The molecule has 0 bridgehead atoms. The fourth-order valence-corrected chi connectivity index (χ4v) is 3.38. The van der Waals surface area contributed by atoms with Crippen LogP contribution >= 0.6 is 0 Å². The summed E-state index contributed by atoms with van der Waals surface area (Å²) in [6.45, 7) is 9.00. The number of rotatable bonds is 3. The lowest BCUT2D eigenvalue weighted by Gasteiger charge is -2.48. The van der Waals surface area contributed by atoms with Crippen molar-refractivity contribution in [3.05, 3.63) is 0 Å². The maximum Gasteiger partial charge on any atom is 0.0835 e. The minimum absolute atomic E-state index is 0.175. The fourth-order valence-electron chi connectivity index (χ4n) is 3.38. The van der Waals surface area contributed by atoms with E-state index in [1.165, 1.54) is 38.5 Å². The molecule has 1 heterocycles. The summed E-state index contributed by atoms with van der Waals surface area (Å²) in [5.74, 6) is 1.71. The molecule has 2 fully saturated rings. The molecule has 2 aliphatic rings. The van der Waals surface area contributed by atoms with Gasteiger partial charge in [-0.1, -0.05) is 27.2 Å². The first-order valence-corrected chi connectivity index (χ1v) is 7.53. The molecule has 100 valence electrons. The van der Waals surface area contributed by atoms with Crippen LogP contribution in [-0.4, -0.2) is 24.8 Å². The highest BCUT2D eigenvalue weighted by Crippen LogP contribution is 2.40. The zero-order chi connectivity index (χ0) is 12.3. The SMILES string of the molecule is CCC(C)CC1NCCOC12CCC(C)CC2. The van der Waals surface area contributed by atoms with Crippen LogP contribution in [0.15, 0.2) is 0 Å². The van der Waals surface area contributed by atoms with Gasteiger partial charge in [-0.2, -0.15) is 0 Å². The summed E-state index contributed by atoms with van der Waals surface area (Å²) in [5.41, 5.74) is 0.175. The van der Waals surface area contributed by atoms with Crippen molar-refractivity contribution in [1.29, 1.82) is 0 Å². The zero-order valence-corrected chi connectivity index (χ0v) is 11.8. The Labute approximate surface area is 107 Å². The van der Waals surface area contributed by atoms with Gasteiger partial charge >= 0.3 is 0 Å². The van der Waals surface area contributed by atoms with E-state index in [0.717, 1.165) is 25.0 Å². The normalized spacial score (nSPS) is 40.4. The maximum absolute atomic E-state index is 6.25. The molecule has 1 aliphatic carbocycles. The highest BCUT2D eigenvalue weighted by Gasteiger charge is 2.44. The summed E-state index contributed by atoms with van der Waals surface area (Å²) in [7, 11) is 0. The van der Waals surface area contributed by atoms with E-state index < -0.39 is 0 Å². The standard InChI is InChI=1S/C15H29NO/c1-4-12(2)11-14-15(17-10-9-16-14)7-5-13(3)6-8-15/h12-14,16H,4-11H2,1-3H3. The second-order valence-corrected chi connectivity index (χ2v) is 6.35. The van der Waals surface area contributed by atoms with Gasteiger partial charge in [0.15, 0.2) is 0 Å². The molecule has 0 aromatic carbocycles. The second-order valence-electron chi connectivity index (χ2n) is 6.35. The fraction of sp³-hybridized carbons (Fsp3) is 1.00. The molecule has 0 aromatic rings. The maximum atomic E-state index is 6.25. The van der Waals surface area contributed by atoms with Crippen LogP contribution in [0.3, 0.4) is 0 Å². The zero-order valence-electron chi connectivity index (χ0n) is 11.8. The molecule has 0 aromatic heterocycles. The average molecular weight is 239 g/mol. The molecule has 1 aliphatic heterocycles. The van der Waals surface area contributed by atoms with Crippen molar-refractivity contribution >= 4 is 0 Å². The smallest absolute Gasteiger partial charge is 0.0835 e. The van der Waals surface area contributed by atoms with Gasteiger partial charge in [-0.05, 0) is 43.9 Å². The predicted octanol–water partition coefficient (Wildman–Crippen LogP) is 3.36. The van der Waals surface area contributed by atoms with Crippen LogP contribution in [0.4, 0.5) is 0 Å². The molecule has 1 saturated heterocycles. The van der Waals surface area contributed by atoms with E-state index in [1.54, 1.807) is 0 Å². The van der Waals surface area contributed by atoms with Gasteiger partial charge in [0.2, 0.25) is 0 Å². The van der Waals surface area contributed by atoms with Gasteiger partial charge in [0.25, 0.3) is 0 Å². The molecule has 1 saturated carbocycles. The Morgan fingerprint density at radius 3 is 2.71 bits per heavy atom. The van der Waals surface area contributed by atoms with Gasteiger partial charge in [0, 0.05) is 12.6 Å². The average Bonchev–Trinajstić information content (AvgIpc) is 2.36. The van der Waals surface area contributed by atoms with Crippen molar-refractivity contribution in [2.24, 2.45) is 11.8 Å². The van der Waals surface area contributed by atoms with Crippen LogP contribution < -0.4 is 5.32 Å². The van der Waals surface area contributed by atoms with Crippen LogP contribution in [0.2, 0.25) is 0 Å². The summed E-state index contributed by atoms with van der Waals surface area (Å²) >= 11 is 0. The Bertz CT molecular complexity index is 233. The first-order chi connectivity index (χ1) is 8.16. The van der Waals surface area contributed by atoms with Crippen molar-refractivity contribution in [3.8, 4) is 0 Å². The van der Waals surface area contributed by atoms with Gasteiger partial charge in [-0.3, -0.25) is 0 Å². The Kier molecular flexibility index (Phi) is 4.48. The molecule has 0 radical (unpaired) electrons. The molecule has 2 atom stereocenters. The molecule has 2 unspecified atom stereocenters. The van der Waals surface area contributed by atoms with Crippen LogP contribution in [-0.2, 0) is 4.74 Å². The number of morpholine rings is 1. The van der Waals surface area contributed by atoms with Crippen molar-refractivity contribution in [2.45, 2.75) is 70.9 Å². The van der Waals surface area contributed by atoms with Gasteiger partial charge in [-0.25, -0.2) is 0 Å². The lowest BCUT2D eigenvalue weighted by molar-refractivity contribution is -0.126. The number of hydrogen-bond acceptors (Lipinski definition) is 2. The minimum Gasteiger partial charge on any atom is -0.372 e. The molecule has 2 rings (SSSR count). The van der Waals surface area contributed by atoms with Crippen LogP contribution in [0, 0.1) is 11.8 Å². The van der Waals surface area contributed by atoms with Gasteiger partial charge in [0.05, 0.1) is 12.2 Å². The highest BCUT2D eigenvalue weighted by atomic mass is 16.5. The van der Waals surface area contributed by atoms with Gasteiger partial charge in [0.1, 0.15) is 0 Å². The first kappa shape index (κ1) is 13.4. The number of hydrogen-bond donors (Lipinski definition) is 1. The van der Waals surface area contributed by atoms with Gasteiger partial charge in [-0.15, -0.1) is 0 Å². The Hall–Kier alpha value is -0.0800. The quantitative estimate of drug-likeness (QED) is 0.815. The molecule has 2 heteroatoms. The molecular weight excluding hydrogens is 210 g/mol. The van der Waals surface area contributed by atoms with E-state index in [1.807, 2.05) is 0 Å². The van der Waals surface area contributed by atoms with E-state index >= 15 is 0 Å². The molecule has 1 spiro atoms. The molecule has 2 nitrogen and oxygen atoms in total. The highest BCUT2D eigenvalue weighted by molar-refractivity contribution is 4.99. The molecule has 1 N–H and O–H groups in total. The predicted molar refractivity (Wildman–Crippen MR) is 72.2 cm³/mol. The van der Waals surface area contributed by atoms with Crippen molar-refractivity contribution in [1.82, 2.24) is 5.32 Å². The van der Waals surface area contributed by atoms with E-state index in [-0.39, 0.29) is 5.60 Å². The lowest BCUT2D eigenvalue weighted by Crippen LogP contribution is -2.59. The summed E-state index contributed by atoms with van der Waals surface area (Å²) in [4.78, 5) is 0. The monoisotopic (exact) mass is 239 g/mol. The second kappa shape index (κ2) is 5.71. The molecule has 0 amide bonds. The van der Waals surface area contributed by atoms with Crippen LogP contribution in [0.25, 0.3) is 0 Å². The summed E-state index contributed by atoms with van der Waals surface area (Å²) in [6, 6.07) is 0.596. The van der Waals surface area contributed by atoms with Crippen LogP contribution in [0.1, 0.15) is 59.3 Å². The number of nitrogens with one attached hydrogen (secondary N) is 1. The molecule has 17 heavy (non-hydrogen) atoms. The Morgan fingerprint density at radius 1 is 1.35 bits per heavy atom. The Balaban J connectivity index is 2.00. The third-order valence-electron chi connectivity index (χ3n) is 4.97. The molecular formula is C15H29NO. The summed E-state index contributed by atoms with van der Waals surface area (Å²) in [5, 5.41) is 3.73. The summed E-state index contributed by atoms with van der Waals surface area (Å²) < 4.78 is 6.25. The van der Waals surface area contributed by atoms with E-state index in [9.17, 15) is 0 Å². The van der Waals surface area contributed by atoms with Crippen molar-refractivity contribution < 1.29 is 4.74 Å². The third kappa shape index (κ3) is 3.03. The number of ether oxygens (including phenoxy) is 1.